The largest absolute Gasteiger partial charge is 0.506 e. The van der Waals surface area contributed by atoms with E-state index in [0.717, 1.165) is 19.3 Å². The number of nitrogens with zero attached hydrogens (tertiary/aromatic N) is 1. The molecule has 0 radical (unpaired) electrons. The molecule has 0 aromatic heterocycles. The minimum atomic E-state index is -0.0212. The summed E-state index contributed by atoms with van der Waals surface area (Å²) < 4.78 is 5.78. The monoisotopic (exact) mass is 295 g/mol. The van der Waals surface area contributed by atoms with Crippen LogP contribution in [0.15, 0.2) is 18.2 Å². The van der Waals surface area contributed by atoms with Crippen molar-refractivity contribution in [2.24, 2.45) is 0 Å². The number of amides is 1. The zero-order valence-corrected chi connectivity index (χ0v) is 12.0. The number of morpholine rings is 1. The molecule has 2 atom stereocenters. The van der Waals surface area contributed by atoms with E-state index in [2.05, 4.69) is 0 Å². The Morgan fingerprint density at radius 2 is 2.15 bits per heavy atom. The zero-order chi connectivity index (χ0) is 14.1. The fourth-order valence-corrected chi connectivity index (χ4v) is 3.33. The first-order chi connectivity index (χ1) is 9.66. The first-order valence-corrected chi connectivity index (χ1v) is 7.45. The van der Waals surface area contributed by atoms with Gasteiger partial charge in [-0.1, -0.05) is 24.4 Å². The molecule has 1 saturated heterocycles. The third-order valence-corrected chi connectivity index (χ3v) is 4.49. The number of hydrogen-bond acceptors (Lipinski definition) is 3. The zero-order valence-electron chi connectivity index (χ0n) is 11.2. The van der Waals surface area contributed by atoms with E-state index in [4.69, 9.17) is 16.3 Å². The van der Waals surface area contributed by atoms with E-state index in [-0.39, 0.29) is 28.8 Å². The summed E-state index contributed by atoms with van der Waals surface area (Å²) in [6, 6.07) is 4.80. The van der Waals surface area contributed by atoms with Crippen molar-refractivity contribution in [3.05, 3.63) is 28.8 Å². The number of hydrogen-bond donors (Lipinski definition) is 1. The molecular weight excluding hydrogens is 278 g/mol. The lowest BCUT2D eigenvalue weighted by atomic mass is 9.89. The van der Waals surface area contributed by atoms with Crippen LogP contribution in [0.1, 0.15) is 36.0 Å². The van der Waals surface area contributed by atoms with Gasteiger partial charge in [-0.25, -0.2) is 0 Å². The van der Waals surface area contributed by atoms with Crippen LogP contribution in [-0.4, -0.2) is 41.2 Å². The van der Waals surface area contributed by atoms with Crippen molar-refractivity contribution >= 4 is 17.5 Å². The van der Waals surface area contributed by atoms with E-state index in [0.29, 0.717) is 18.7 Å². The van der Waals surface area contributed by atoms with Gasteiger partial charge in [0.1, 0.15) is 5.75 Å². The molecule has 1 aliphatic heterocycles. The van der Waals surface area contributed by atoms with Gasteiger partial charge < -0.3 is 14.7 Å². The lowest BCUT2D eigenvalue weighted by Crippen LogP contribution is -2.54. The number of fused-ring (bicyclic) bond motifs is 1. The van der Waals surface area contributed by atoms with Crippen molar-refractivity contribution in [2.45, 2.75) is 37.8 Å². The predicted molar refractivity (Wildman–Crippen MR) is 76.1 cm³/mol. The summed E-state index contributed by atoms with van der Waals surface area (Å²) in [5.74, 6) is -0.0205. The van der Waals surface area contributed by atoms with Crippen LogP contribution in [0.5, 0.6) is 5.75 Å². The van der Waals surface area contributed by atoms with Crippen molar-refractivity contribution in [3.8, 4) is 5.75 Å². The molecule has 2 aliphatic rings. The quantitative estimate of drug-likeness (QED) is 0.867. The summed E-state index contributed by atoms with van der Waals surface area (Å²) in [7, 11) is 0. The average Bonchev–Trinajstić information content (AvgIpc) is 2.49. The first-order valence-electron chi connectivity index (χ1n) is 7.08. The Morgan fingerprint density at radius 1 is 1.35 bits per heavy atom. The fourth-order valence-electron chi connectivity index (χ4n) is 3.15. The molecule has 1 saturated carbocycles. The van der Waals surface area contributed by atoms with Crippen LogP contribution in [0.4, 0.5) is 0 Å². The molecule has 2 unspecified atom stereocenters. The Bertz CT molecular complexity index is 518. The van der Waals surface area contributed by atoms with Crippen molar-refractivity contribution < 1.29 is 14.6 Å². The maximum atomic E-state index is 12.6. The number of halogens is 1. The van der Waals surface area contributed by atoms with Gasteiger partial charge >= 0.3 is 0 Å². The van der Waals surface area contributed by atoms with Crippen LogP contribution in [0.25, 0.3) is 0 Å². The highest BCUT2D eigenvalue weighted by Gasteiger charge is 2.36. The molecule has 108 valence electrons. The normalized spacial score (nSPS) is 26.1. The first kappa shape index (κ1) is 13.7. The molecule has 1 aromatic carbocycles. The van der Waals surface area contributed by atoms with Gasteiger partial charge in [0.25, 0.3) is 5.91 Å². The minimum Gasteiger partial charge on any atom is -0.506 e. The third-order valence-electron chi connectivity index (χ3n) is 4.19. The molecule has 1 heterocycles. The molecule has 5 heteroatoms. The summed E-state index contributed by atoms with van der Waals surface area (Å²) in [5, 5.41) is 9.66. The van der Waals surface area contributed by atoms with Gasteiger partial charge in [0.15, 0.2) is 0 Å². The number of rotatable bonds is 1. The van der Waals surface area contributed by atoms with Gasteiger partial charge in [0.05, 0.1) is 23.8 Å². The van der Waals surface area contributed by atoms with Crippen LogP contribution in [0, 0.1) is 0 Å². The Kier molecular flexibility index (Phi) is 3.85. The van der Waals surface area contributed by atoms with Gasteiger partial charge in [-0.3, -0.25) is 4.79 Å². The number of carbonyl (C=O) groups excluding carboxylic acids is 1. The maximum Gasteiger partial charge on any atom is 0.254 e. The fraction of sp³-hybridized carbons (Fsp3) is 0.533. The third kappa shape index (κ3) is 2.50. The summed E-state index contributed by atoms with van der Waals surface area (Å²) in [4.78, 5) is 14.6. The van der Waals surface area contributed by atoms with E-state index in [1.54, 1.807) is 6.07 Å². The molecular formula is C15H18ClNO3. The number of ether oxygens (including phenoxy) is 1. The van der Waals surface area contributed by atoms with E-state index in [1.807, 2.05) is 4.90 Å². The molecule has 4 nitrogen and oxygen atoms in total. The van der Waals surface area contributed by atoms with Crippen molar-refractivity contribution in [1.29, 1.82) is 0 Å². The topological polar surface area (TPSA) is 49.8 Å². The smallest absolute Gasteiger partial charge is 0.254 e. The summed E-state index contributed by atoms with van der Waals surface area (Å²) in [6.07, 6.45) is 4.53. The molecule has 1 aromatic rings. The molecule has 20 heavy (non-hydrogen) atoms. The molecule has 2 fully saturated rings. The van der Waals surface area contributed by atoms with Crippen LogP contribution >= 0.6 is 11.6 Å². The molecule has 1 N–H and O–H groups in total. The molecule has 1 amide bonds. The predicted octanol–water partition coefficient (Wildman–Crippen LogP) is 2.83. The number of carbonyl (C=O) groups is 1. The highest BCUT2D eigenvalue weighted by atomic mass is 35.5. The highest BCUT2D eigenvalue weighted by Crippen LogP contribution is 2.30. The van der Waals surface area contributed by atoms with Gasteiger partial charge in [0.2, 0.25) is 0 Å². The average molecular weight is 296 g/mol. The Balaban J connectivity index is 1.83. The van der Waals surface area contributed by atoms with E-state index in [9.17, 15) is 9.90 Å². The van der Waals surface area contributed by atoms with E-state index in [1.165, 1.54) is 18.6 Å². The van der Waals surface area contributed by atoms with Gasteiger partial charge in [-0.05, 0) is 31.0 Å². The summed E-state index contributed by atoms with van der Waals surface area (Å²) in [6.45, 7) is 1.22. The Hall–Kier alpha value is -1.26. The number of benzene rings is 1. The number of phenols is 1. The lowest BCUT2D eigenvalue weighted by molar-refractivity contribution is -0.0752. The van der Waals surface area contributed by atoms with Gasteiger partial charge in [-0.15, -0.1) is 0 Å². The van der Waals surface area contributed by atoms with Crippen molar-refractivity contribution in [1.82, 2.24) is 4.90 Å². The Morgan fingerprint density at radius 3 is 2.95 bits per heavy atom. The second-order valence-corrected chi connectivity index (χ2v) is 5.83. The summed E-state index contributed by atoms with van der Waals surface area (Å²) >= 11 is 5.89. The highest BCUT2D eigenvalue weighted by molar-refractivity contribution is 6.32. The molecule has 3 rings (SSSR count). The van der Waals surface area contributed by atoms with Crippen LogP contribution in [-0.2, 0) is 4.74 Å². The Labute approximate surface area is 123 Å². The van der Waals surface area contributed by atoms with Crippen molar-refractivity contribution in [3.63, 3.8) is 0 Å². The molecule has 0 bridgehead atoms. The number of phenolic OH excluding ortho intramolecular Hbond substituents is 1. The van der Waals surface area contributed by atoms with E-state index < -0.39 is 0 Å². The molecule has 0 spiro atoms. The maximum absolute atomic E-state index is 12.6. The van der Waals surface area contributed by atoms with Crippen LogP contribution < -0.4 is 0 Å². The second-order valence-electron chi connectivity index (χ2n) is 5.43. The lowest BCUT2D eigenvalue weighted by Gasteiger charge is -2.43. The van der Waals surface area contributed by atoms with Gasteiger partial charge in [0, 0.05) is 12.1 Å². The van der Waals surface area contributed by atoms with Gasteiger partial charge in [-0.2, -0.15) is 0 Å². The second kappa shape index (κ2) is 5.62. The van der Waals surface area contributed by atoms with Crippen LogP contribution in [0.3, 0.4) is 0 Å². The SMILES string of the molecule is O=C(c1ccc(O)c(Cl)c1)N1CCOC2CCCCC21. The standard InChI is InChI=1S/C15H18ClNO3/c16-11-9-10(5-6-13(11)18)15(19)17-7-8-20-14-4-2-1-3-12(14)17/h5-6,9,12,14,18H,1-4,7-8H2. The van der Waals surface area contributed by atoms with E-state index >= 15 is 0 Å². The molecule has 1 aliphatic carbocycles. The summed E-state index contributed by atoms with van der Waals surface area (Å²) in [5.41, 5.74) is 0.527. The van der Waals surface area contributed by atoms with Crippen LogP contribution in [0.2, 0.25) is 5.02 Å². The van der Waals surface area contributed by atoms with Crippen molar-refractivity contribution in [2.75, 3.05) is 13.2 Å². The minimum absolute atomic E-state index is 0.000682. The number of aromatic hydroxyl groups is 1.